The molecule has 6 nitrogen and oxygen atoms in total. The zero-order valence-corrected chi connectivity index (χ0v) is 12.7. The Kier molecular flexibility index (Phi) is 5.55. The summed E-state index contributed by atoms with van der Waals surface area (Å²) in [6.07, 6.45) is 4.18. The minimum atomic E-state index is -0.305. The van der Waals surface area contributed by atoms with Crippen LogP contribution in [0.5, 0.6) is 0 Å². The van der Waals surface area contributed by atoms with Gasteiger partial charge in [-0.15, -0.1) is 0 Å². The number of amides is 1. The number of rotatable bonds is 7. The molecule has 0 spiro atoms. The third-order valence-electron chi connectivity index (χ3n) is 3.43. The van der Waals surface area contributed by atoms with Gasteiger partial charge in [0.2, 0.25) is 5.89 Å². The third-order valence-corrected chi connectivity index (χ3v) is 3.43. The highest BCUT2D eigenvalue weighted by Gasteiger charge is 2.16. The van der Waals surface area contributed by atoms with E-state index in [0.717, 1.165) is 24.8 Å². The number of nitrogens with two attached hydrogens (primary N) is 2. The van der Waals surface area contributed by atoms with E-state index in [-0.39, 0.29) is 17.6 Å². The molecule has 5 N–H and O–H groups in total. The number of aromatic nitrogens is 1. The maximum absolute atomic E-state index is 12.1. The second-order valence-electron chi connectivity index (χ2n) is 5.20. The molecule has 22 heavy (non-hydrogen) atoms. The fourth-order valence-corrected chi connectivity index (χ4v) is 2.07. The SMILES string of the molecule is CCCCC(N)c1nc(C(=O)NCc2ccccc2N)co1. The molecule has 1 heterocycles. The lowest BCUT2D eigenvalue weighted by atomic mass is 10.1. The molecule has 1 aromatic heterocycles. The van der Waals surface area contributed by atoms with Crippen molar-refractivity contribution in [2.45, 2.75) is 38.8 Å². The molecule has 1 amide bonds. The number of hydrogen-bond acceptors (Lipinski definition) is 5. The Morgan fingerprint density at radius 2 is 2.18 bits per heavy atom. The number of oxazole rings is 1. The molecule has 0 bridgehead atoms. The molecule has 1 aromatic carbocycles. The van der Waals surface area contributed by atoms with Gasteiger partial charge >= 0.3 is 0 Å². The van der Waals surface area contributed by atoms with E-state index >= 15 is 0 Å². The van der Waals surface area contributed by atoms with Crippen LogP contribution < -0.4 is 16.8 Å². The number of hydrogen-bond donors (Lipinski definition) is 3. The van der Waals surface area contributed by atoms with Crippen molar-refractivity contribution in [2.24, 2.45) is 5.73 Å². The summed E-state index contributed by atoms with van der Waals surface area (Å²) < 4.78 is 5.30. The highest BCUT2D eigenvalue weighted by molar-refractivity contribution is 5.91. The first-order valence-electron chi connectivity index (χ1n) is 7.44. The molecule has 2 rings (SSSR count). The van der Waals surface area contributed by atoms with E-state index in [4.69, 9.17) is 15.9 Å². The number of carbonyl (C=O) groups excluding carboxylic acids is 1. The summed E-state index contributed by atoms with van der Waals surface area (Å²) in [5, 5.41) is 2.77. The van der Waals surface area contributed by atoms with Crippen LogP contribution >= 0.6 is 0 Å². The molecule has 0 aliphatic carbocycles. The number of nitrogens with one attached hydrogen (secondary N) is 1. The Morgan fingerprint density at radius 3 is 2.91 bits per heavy atom. The summed E-state index contributed by atoms with van der Waals surface area (Å²) in [6, 6.07) is 7.11. The van der Waals surface area contributed by atoms with Gasteiger partial charge in [-0.25, -0.2) is 4.98 Å². The lowest BCUT2D eigenvalue weighted by Crippen LogP contribution is -2.23. The topological polar surface area (TPSA) is 107 Å². The summed E-state index contributed by atoms with van der Waals surface area (Å²) >= 11 is 0. The van der Waals surface area contributed by atoms with Crippen LogP contribution in [0.2, 0.25) is 0 Å². The molecule has 0 saturated heterocycles. The Hall–Kier alpha value is -2.34. The lowest BCUT2D eigenvalue weighted by Gasteiger charge is -2.06. The highest BCUT2D eigenvalue weighted by atomic mass is 16.3. The van der Waals surface area contributed by atoms with E-state index < -0.39 is 0 Å². The van der Waals surface area contributed by atoms with Crippen molar-refractivity contribution in [1.82, 2.24) is 10.3 Å². The second-order valence-corrected chi connectivity index (χ2v) is 5.20. The van der Waals surface area contributed by atoms with Crippen molar-refractivity contribution in [3.05, 3.63) is 47.7 Å². The van der Waals surface area contributed by atoms with Gasteiger partial charge in [0, 0.05) is 12.2 Å². The number of anilines is 1. The van der Waals surface area contributed by atoms with Crippen LogP contribution in [0, 0.1) is 0 Å². The smallest absolute Gasteiger partial charge is 0.273 e. The van der Waals surface area contributed by atoms with Crippen LogP contribution in [0.1, 0.15) is 54.2 Å². The molecule has 0 aliphatic rings. The van der Waals surface area contributed by atoms with Gasteiger partial charge < -0.3 is 21.2 Å². The van der Waals surface area contributed by atoms with Crippen LogP contribution in [-0.4, -0.2) is 10.9 Å². The molecular weight excluding hydrogens is 280 g/mol. The van der Waals surface area contributed by atoms with Gasteiger partial charge in [0.15, 0.2) is 5.69 Å². The van der Waals surface area contributed by atoms with Gasteiger partial charge in [-0.3, -0.25) is 4.79 Å². The van der Waals surface area contributed by atoms with E-state index in [9.17, 15) is 4.79 Å². The zero-order chi connectivity index (χ0) is 15.9. The summed E-state index contributed by atoms with van der Waals surface area (Å²) in [5.74, 6) is 0.0961. The number of para-hydroxylation sites is 1. The summed E-state index contributed by atoms with van der Waals surface area (Å²) in [6.45, 7) is 2.44. The Morgan fingerprint density at radius 1 is 1.41 bits per heavy atom. The Balaban J connectivity index is 1.93. The van der Waals surface area contributed by atoms with Crippen molar-refractivity contribution in [2.75, 3.05) is 5.73 Å². The average molecular weight is 302 g/mol. The first-order chi connectivity index (χ1) is 10.6. The minimum absolute atomic E-state index is 0.233. The molecule has 0 fully saturated rings. The van der Waals surface area contributed by atoms with Gasteiger partial charge in [0.05, 0.1) is 6.04 Å². The predicted molar refractivity (Wildman–Crippen MR) is 85.0 cm³/mol. The first-order valence-corrected chi connectivity index (χ1v) is 7.44. The summed E-state index contributed by atoms with van der Waals surface area (Å²) in [7, 11) is 0. The maximum Gasteiger partial charge on any atom is 0.273 e. The molecule has 2 aromatic rings. The number of nitrogens with zero attached hydrogens (tertiary/aromatic N) is 1. The van der Waals surface area contributed by atoms with E-state index in [0.29, 0.717) is 18.1 Å². The molecule has 1 atom stereocenters. The van der Waals surface area contributed by atoms with Crippen molar-refractivity contribution in [3.63, 3.8) is 0 Å². The standard InChI is InChI=1S/C16H22N4O2/c1-2-3-7-13(18)16-20-14(10-22-16)15(21)19-9-11-6-4-5-8-12(11)17/h4-6,8,10,13H,2-3,7,9,17-18H2,1H3,(H,19,21). The van der Waals surface area contributed by atoms with Crippen molar-refractivity contribution in [3.8, 4) is 0 Å². The largest absolute Gasteiger partial charge is 0.446 e. The van der Waals surface area contributed by atoms with E-state index in [1.165, 1.54) is 6.26 Å². The molecule has 6 heteroatoms. The molecule has 0 saturated carbocycles. The van der Waals surface area contributed by atoms with Crippen LogP contribution in [0.3, 0.4) is 0 Å². The monoisotopic (exact) mass is 302 g/mol. The quantitative estimate of drug-likeness (QED) is 0.681. The van der Waals surface area contributed by atoms with Crippen LogP contribution in [0.15, 0.2) is 34.9 Å². The fourth-order valence-electron chi connectivity index (χ4n) is 2.07. The third kappa shape index (κ3) is 4.08. The van der Waals surface area contributed by atoms with Crippen molar-refractivity contribution >= 4 is 11.6 Å². The lowest BCUT2D eigenvalue weighted by molar-refractivity contribution is 0.0946. The number of unbranched alkanes of at least 4 members (excludes halogenated alkanes) is 1. The molecule has 1 unspecified atom stereocenters. The summed E-state index contributed by atoms with van der Waals surface area (Å²) in [4.78, 5) is 16.2. The van der Waals surface area contributed by atoms with Gasteiger partial charge in [-0.2, -0.15) is 0 Å². The van der Waals surface area contributed by atoms with Crippen molar-refractivity contribution < 1.29 is 9.21 Å². The zero-order valence-electron chi connectivity index (χ0n) is 12.7. The minimum Gasteiger partial charge on any atom is -0.446 e. The van der Waals surface area contributed by atoms with Gasteiger partial charge in [-0.1, -0.05) is 38.0 Å². The normalized spacial score (nSPS) is 12.1. The molecule has 0 radical (unpaired) electrons. The predicted octanol–water partition coefficient (Wildman–Crippen LogP) is 2.38. The van der Waals surface area contributed by atoms with E-state index in [1.54, 1.807) is 6.07 Å². The highest BCUT2D eigenvalue weighted by Crippen LogP contribution is 2.16. The van der Waals surface area contributed by atoms with Gasteiger partial charge in [0.25, 0.3) is 5.91 Å². The Bertz CT molecular complexity index is 624. The average Bonchev–Trinajstić information content (AvgIpc) is 3.01. The molecular formula is C16H22N4O2. The maximum atomic E-state index is 12.1. The number of benzene rings is 1. The van der Waals surface area contributed by atoms with Gasteiger partial charge in [-0.05, 0) is 18.1 Å². The second kappa shape index (κ2) is 7.61. The van der Waals surface area contributed by atoms with Crippen LogP contribution in [0.25, 0.3) is 0 Å². The fraction of sp³-hybridized carbons (Fsp3) is 0.375. The van der Waals surface area contributed by atoms with Gasteiger partial charge in [0.1, 0.15) is 6.26 Å². The van der Waals surface area contributed by atoms with Crippen LogP contribution in [0.4, 0.5) is 5.69 Å². The first kappa shape index (κ1) is 16.0. The number of nitrogen functional groups attached to an aromatic ring is 1. The Labute approximate surface area is 129 Å². The van der Waals surface area contributed by atoms with Crippen molar-refractivity contribution in [1.29, 1.82) is 0 Å². The van der Waals surface area contributed by atoms with Crippen LogP contribution in [-0.2, 0) is 6.54 Å². The number of carbonyl (C=O) groups is 1. The van der Waals surface area contributed by atoms with E-state index in [1.807, 2.05) is 18.2 Å². The summed E-state index contributed by atoms with van der Waals surface area (Å²) in [5.41, 5.74) is 13.5. The van der Waals surface area contributed by atoms with E-state index in [2.05, 4.69) is 17.2 Å². The molecule has 118 valence electrons. The molecule has 0 aliphatic heterocycles.